The summed E-state index contributed by atoms with van der Waals surface area (Å²) in [5.74, 6) is 0.990. The highest BCUT2D eigenvalue weighted by Gasteiger charge is 2.16. The molecule has 1 amide bonds. The van der Waals surface area contributed by atoms with Gasteiger partial charge in [-0.05, 0) is 53.4 Å². The van der Waals surface area contributed by atoms with Crippen molar-refractivity contribution in [3.63, 3.8) is 0 Å². The van der Waals surface area contributed by atoms with Crippen molar-refractivity contribution in [1.29, 1.82) is 0 Å². The maximum Gasteiger partial charge on any atom is 0.240 e. The standard InChI is InChI=1S/C22H17FN2O3S/c23-16-4-5-17-15(9-16)10-18(21-2-1-7-29-21)25(17)12-22(26)24-11-14-3-6-19-20(8-14)28-13-27-19/h1-10H,11-13H2,(H,24,26). The summed E-state index contributed by atoms with van der Waals surface area (Å²) in [6.45, 7) is 0.752. The first-order chi connectivity index (χ1) is 14.2. The zero-order valence-corrected chi connectivity index (χ0v) is 16.2. The van der Waals surface area contributed by atoms with E-state index in [2.05, 4.69) is 5.32 Å². The third-order valence-corrected chi connectivity index (χ3v) is 5.76. The van der Waals surface area contributed by atoms with E-state index in [1.807, 2.05) is 46.3 Å². The van der Waals surface area contributed by atoms with Gasteiger partial charge in [0.1, 0.15) is 12.4 Å². The lowest BCUT2D eigenvalue weighted by Crippen LogP contribution is -2.27. The van der Waals surface area contributed by atoms with Gasteiger partial charge in [-0.1, -0.05) is 12.1 Å². The number of benzene rings is 2. The van der Waals surface area contributed by atoms with Gasteiger partial charge in [0.2, 0.25) is 12.7 Å². The lowest BCUT2D eigenvalue weighted by molar-refractivity contribution is -0.121. The number of hydrogen-bond acceptors (Lipinski definition) is 4. The van der Waals surface area contributed by atoms with Gasteiger partial charge < -0.3 is 19.4 Å². The molecule has 2 aromatic carbocycles. The molecule has 1 aliphatic heterocycles. The lowest BCUT2D eigenvalue weighted by Gasteiger charge is -2.11. The minimum absolute atomic E-state index is 0.123. The van der Waals surface area contributed by atoms with Crippen LogP contribution in [0.3, 0.4) is 0 Å². The van der Waals surface area contributed by atoms with Crippen LogP contribution in [0.2, 0.25) is 0 Å². The molecular formula is C22H17FN2O3S. The van der Waals surface area contributed by atoms with Crippen LogP contribution < -0.4 is 14.8 Å². The van der Waals surface area contributed by atoms with Crippen LogP contribution in [-0.4, -0.2) is 17.3 Å². The molecule has 0 radical (unpaired) electrons. The predicted octanol–water partition coefficient (Wildman–Crippen LogP) is 4.55. The molecule has 0 saturated heterocycles. The topological polar surface area (TPSA) is 52.5 Å². The average Bonchev–Trinajstić information content (AvgIpc) is 3.46. The molecule has 7 heteroatoms. The summed E-state index contributed by atoms with van der Waals surface area (Å²) in [4.78, 5) is 13.7. The van der Waals surface area contributed by atoms with E-state index in [0.29, 0.717) is 18.0 Å². The third-order valence-electron chi connectivity index (χ3n) is 4.87. The summed E-state index contributed by atoms with van der Waals surface area (Å²) in [7, 11) is 0. The van der Waals surface area contributed by atoms with Gasteiger partial charge in [-0.25, -0.2) is 4.39 Å². The van der Waals surface area contributed by atoms with Crippen LogP contribution in [0.25, 0.3) is 21.5 Å². The molecule has 5 nitrogen and oxygen atoms in total. The first-order valence-corrected chi connectivity index (χ1v) is 10.0. The molecule has 1 N–H and O–H groups in total. The van der Waals surface area contributed by atoms with Crippen LogP contribution in [0.1, 0.15) is 5.56 Å². The molecule has 0 bridgehead atoms. The van der Waals surface area contributed by atoms with Gasteiger partial charge in [-0.15, -0.1) is 11.3 Å². The second-order valence-corrected chi connectivity index (χ2v) is 7.71. The monoisotopic (exact) mass is 408 g/mol. The van der Waals surface area contributed by atoms with Crippen LogP contribution in [0.5, 0.6) is 11.5 Å². The highest BCUT2D eigenvalue weighted by atomic mass is 32.1. The van der Waals surface area contributed by atoms with Crippen LogP contribution in [0.4, 0.5) is 4.39 Å². The number of fused-ring (bicyclic) bond motifs is 2. The van der Waals surface area contributed by atoms with Crippen molar-refractivity contribution in [3.05, 3.63) is 71.4 Å². The van der Waals surface area contributed by atoms with Crippen molar-refractivity contribution in [2.75, 3.05) is 6.79 Å². The average molecular weight is 408 g/mol. The van der Waals surface area contributed by atoms with E-state index in [9.17, 15) is 9.18 Å². The summed E-state index contributed by atoms with van der Waals surface area (Å²) in [6.07, 6.45) is 0. The molecular weight excluding hydrogens is 391 g/mol. The number of nitrogens with one attached hydrogen (secondary N) is 1. The molecule has 0 fully saturated rings. The fourth-order valence-electron chi connectivity index (χ4n) is 3.49. The number of carbonyl (C=O) groups excluding carboxylic acids is 1. The van der Waals surface area contributed by atoms with Crippen molar-refractivity contribution < 1.29 is 18.7 Å². The summed E-state index contributed by atoms with van der Waals surface area (Å²) in [5.41, 5.74) is 2.66. The smallest absolute Gasteiger partial charge is 0.240 e. The van der Waals surface area contributed by atoms with Crippen molar-refractivity contribution in [1.82, 2.24) is 9.88 Å². The predicted molar refractivity (Wildman–Crippen MR) is 110 cm³/mol. The SMILES string of the molecule is O=C(Cn1c(-c2cccs2)cc2cc(F)ccc21)NCc1ccc2c(c1)OCO2. The normalized spacial score (nSPS) is 12.4. The Bertz CT molecular complexity index is 1200. The van der Waals surface area contributed by atoms with Crippen molar-refractivity contribution in [2.45, 2.75) is 13.1 Å². The van der Waals surface area contributed by atoms with Crippen molar-refractivity contribution in [3.8, 4) is 22.1 Å². The Morgan fingerprint density at radius 3 is 2.86 bits per heavy atom. The minimum Gasteiger partial charge on any atom is -0.454 e. The highest BCUT2D eigenvalue weighted by Crippen LogP contribution is 2.33. The molecule has 146 valence electrons. The van der Waals surface area contributed by atoms with Gasteiger partial charge in [0.05, 0.1) is 10.6 Å². The molecule has 0 aliphatic carbocycles. The second kappa shape index (κ2) is 7.25. The first kappa shape index (κ1) is 17.8. The van der Waals surface area contributed by atoms with E-state index >= 15 is 0 Å². The first-order valence-electron chi connectivity index (χ1n) is 9.15. The summed E-state index contributed by atoms with van der Waals surface area (Å²) in [5, 5.41) is 5.71. The van der Waals surface area contributed by atoms with Crippen LogP contribution in [-0.2, 0) is 17.9 Å². The Morgan fingerprint density at radius 1 is 1.10 bits per heavy atom. The summed E-state index contributed by atoms with van der Waals surface area (Å²) >= 11 is 1.59. The molecule has 0 atom stereocenters. The van der Waals surface area contributed by atoms with E-state index in [-0.39, 0.29) is 25.1 Å². The quantitative estimate of drug-likeness (QED) is 0.527. The molecule has 2 aromatic heterocycles. The van der Waals surface area contributed by atoms with Gasteiger partial charge in [0.15, 0.2) is 11.5 Å². The molecule has 3 heterocycles. The Labute approximate surface area is 170 Å². The minimum atomic E-state index is -0.292. The fourth-order valence-corrected chi connectivity index (χ4v) is 4.24. The van der Waals surface area contributed by atoms with Gasteiger partial charge in [0, 0.05) is 17.4 Å². The number of thiophene rings is 1. The zero-order chi connectivity index (χ0) is 19.8. The van der Waals surface area contributed by atoms with Crippen LogP contribution in [0, 0.1) is 5.82 Å². The maximum atomic E-state index is 13.7. The third kappa shape index (κ3) is 3.45. The van der Waals surface area contributed by atoms with E-state index < -0.39 is 0 Å². The Kier molecular flexibility index (Phi) is 4.44. The number of amides is 1. The van der Waals surface area contributed by atoms with Crippen LogP contribution >= 0.6 is 11.3 Å². The van der Waals surface area contributed by atoms with Crippen molar-refractivity contribution >= 4 is 28.1 Å². The number of halogens is 1. The molecule has 0 saturated carbocycles. The highest BCUT2D eigenvalue weighted by molar-refractivity contribution is 7.13. The maximum absolute atomic E-state index is 13.7. The molecule has 29 heavy (non-hydrogen) atoms. The summed E-state index contributed by atoms with van der Waals surface area (Å²) in [6, 6.07) is 16.1. The second-order valence-electron chi connectivity index (χ2n) is 6.76. The zero-order valence-electron chi connectivity index (χ0n) is 15.4. The molecule has 4 aromatic rings. The summed E-state index contributed by atoms with van der Waals surface area (Å²) < 4.78 is 26.3. The Hall–Kier alpha value is -3.32. The molecule has 0 spiro atoms. The fraction of sp³-hybridized carbons (Fsp3) is 0.136. The number of carbonyl (C=O) groups is 1. The lowest BCUT2D eigenvalue weighted by atomic mass is 10.2. The number of aromatic nitrogens is 1. The number of ether oxygens (including phenoxy) is 2. The number of rotatable bonds is 5. The number of nitrogens with zero attached hydrogens (tertiary/aromatic N) is 1. The van der Waals surface area contributed by atoms with E-state index in [1.165, 1.54) is 12.1 Å². The molecule has 5 rings (SSSR count). The molecule has 1 aliphatic rings. The Morgan fingerprint density at radius 2 is 2.00 bits per heavy atom. The van der Waals surface area contributed by atoms with Gasteiger partial charge >= 0.3 is 0 Å². The van der Waals surface area contributed by atoms with E-state index in [1.54, 1.807) is 17.4 Å². The van der Waals surface area contributed by atoms with Gasteiger partial charge in [0.25, 0.3) is 0 Å². The van der Waals surface area contributed by atoms with Crippen molar-refractivity contribution in [2.24, 2.45) is 0 Å². The van der Waals surface area contributed by atoms with Crippen LogP contribution in [0.15, 0.2) is 60.0 Å². The van der Waals surface area contributed by atoms with E-state index in [0.717, 1.165) is 27.0 Å². The van der Waals surface area contributed by atoms with Gasteiger partial charge in [-0.2, -0.15) is 0 Å². The Balaban J connectivity index is 1.38. The van der Waals surface area contributed by atoms with Gasteiger partial charge in [-0.3, -0.25) is 4.79 Å². The molecule has 0 unspecified atom stereocenters. The largest absolute Gasteiger partial charge is 0.454 e. The van der Waals surface area contributed by atoms with E-state index in [4.69, 9.17) is 9.47 Å². The number of hydrogen-bond donors (Lipinski definition) is 1.